The molecular weight excluding hydrogens is 511 g/mol. The monoisotopic (exact) mass is 544 g/mol. The lowest BCUT2D eigenvalue weighted by atomic mass is 10.2. The number of aliphatic imine (C=N–C) groups is 4. The lowest BCUT2D eigenvalue weighted by Gasteiger charge is -2.06. The summed E-state index contributed by atoms with van der Waals surface area (Å²) in [6.45, 7) is 0.915. The first kappa shape index (κ1) is 23.5. The first-order valence-corrected chi connectivity index (χ1v) is 11.1. The maximum Gasteiger partial charge on any atom is 0.218 e. The highest BCUT2D eigenvalue weighted by Crippen LogP contribution is 2.19. The molecule has 0 radical (unpaired) electrons. The van der Waals surface area contributed by atoms with E-state index in [0.29, 0.717) is 23.8 Å². The van der Waals surface area contributed by atoms with Gasteiger partial charge in [-0.05, 0) is 49.1 Å². The van der Waals surface area contributed by atoms with Crippen LogP contribution in [-0.4, -0.2) is 36.9 Å². The molecule has 13 heteroatoms. The molecule has 0 atom stereocenters. The summed E-state index contributed by atoms with van der Waals surface area (Å²) in [6.07, 6.45) is 3.31. The number of nitrogens with zero attached hydrogens (tertiary/aromatic N) is 4. The number of nitrogens with two attached hydrogens (primary N) is 4. The Balaban J connectivity index is 0.00000760. The zero-order valence-electron chi connectivity index (χ0n) is 22.8. The number of anilines is 2. The van der Waals surface area contributed by atoms with Gasteiger partial charge in [0.25, 0.3) is 0 Å². The Morgan fingerprint density at radius 3 is 1.83 bits per heavy atom. The van der Waals surface area contributed by atoms with E-state index in [9.17, 15) is 0 Å². The SMILES string of the molecule is Cl.[2H]c1c([2H])c(NC(N)=NC(N)=NCCCCCCN=C(N)N=C(N)Nc2ccccc2Cl)c([2H])c([2H])c1Cl. The summed E-state index contributed by atoms with van der Waals surface area (Å²) < 4.78 is 31.3. The summed E-state index contributed by atoms with van der Waals surface area (Å²) in [7, 11) is 0. The van der Waals surface area contributed by atoms with Crippen LogP contribution < -0.4 is 33.6 Å². The second kappa shape index (κ2) is 16.4. The van der Waals surface area contributed by atoms with Gasteiger partial charge in [-0.15, -0.1) is 12.4 Å². The van der Waals surface area contributed by atoms with Crippen LogP contribution in [0.15, 0.2) is 68.4 Å². The molecule has 0 aliphatic heterocycles. The van der Waals surface area contributed by atoms with E-state index in [2.05, 4.69) is 30.6 Å². The van der Waals surface area contributed by atoms with E-state index in [4.69, 9.17) is 51.6 Å². The predicted molar refractivity (Wildman–Crippen MR) is 152 cm³/mol. The lowest BCUT2D eigenvalue weighted by Crippen LogP contribution is -2.26. The molecule has 2 rings (SSSR count). The van der Waals surface area contributed by atoms with Crippen LogP contribution >= 0.6 is 35.6 Å². The van der Waals surface area contributed by atoms with Crippen molar-refractivity contribution in [3.63, 3.8) is 0 Å². The number of unbranched alkanes of at least 4 members (excludes halogenated alkanes) is 3. The van der Waals surface area contributed by atoms with Crippen LogP contribution in [0.1, 0.15) is 31.2 Å². The Morgan fingerprint density at radius 1 is 0.771 bits per heavy atom. The van der Waals surface area contributed by atoms with Gasteiger partial charge in [0.2, 0.25) is 23.8 Å². The molecule has 0 aromatic heterocycles. The molecule has 10 nitrogen and oxygen atoms in total. The van der Waals surface area contributed by atoms with Crippen LogP contribution in [0.2, 0.25) is 10.0 Å². The number of guanidine groups is 4. The van der Waals surface area contributed by atoms with Gasteiger partial charge in [0, 0.05) is 23.8 Å². The summed E-state index contributed by atoms with van der Waals surface area (Å²) >= 11 is 11.8. The third-order valence-corrected chi connectivity index (χ3v) is 4.59. The maximum atomic E-state index is 7.91. The second-order valence-electron chi connectivity index (χ2n) is 6.81. The summed E-state index contributed by atoms with van der Waals surface area (Å²) in [4.78, 5) is 16.2. The van der Waals surface area contributed by atoms with Crippen LogP contribution in [-0.2, 0) is 0 Å². The zero-order chi connectivity index (χ0) is 28.2. The fraction of sp³-hybridized carbons (Fsp3) is 0.273. The molecular formula is C22H31Cl3N10. The van der Waals surface area contributed by atoms with E-state index in [1.807, 2.05) is 6.07 Å². The number of hydrogen-bond acceptors (Lipinski definition) is 2. The summed E-state index contributed by atoms with van der Waals surface area (Å²) in [6, 6.07) is 5.58. The molecule has 0 aliphatic carbocycles. The second-order valence-corrected chi connectivity index (χ2v) is 7.59. The molecule has 0 saturated carbocycles. The van der Waals surface area contributed by atoms with Gasteiger partial charge in [-0.1, -0.05) is 48.2 Å². The Morgan fingerprint density at radius 2 is 1.29 bits per heavy atom. The Kier molecular flexibility index (Phi) is 11.0. The fourth-order valence-electron chi connectivity index (χ4n) is 2.53. The minimum Gasteiger partial charge on any atom is -0.369 e. The van der Waals surface area contributed by atoms with Crippen molar-refractivity contribution in [1.82, 2.24) is 0 Å². The van der Waals surface area contributed by atoms with Crippen molar-refractivity contribution < 1.29 is 5.48 Å². The topological polar surface area (TPSA) is 178 Å². The van der Waals surface area contributed by atoms with E-state index < -0.39 is 0 Å². The maximum absolute atomic E-state index is 7.91. The highest BCUT2D eigenvalue weighted by molar-refractivity contribution is 6.33. The average molecular weight is 546 g/mol. The molecule has 0 aliphatic rings. The van der Waals surface area contributed by atoms with Gasteiger partial charge < -0.3 is 33.6 Å². The van der Waals surface area contributed by atoms with Crippen molar-refractivity contribution in [1.29, 1.82) is 0 Å². The molecule has 35 heavy (non-hydrogen) atoms. The van der Waals surface area contributed by atoms with Crippen molar-refractivity contribution in [2.24, 2.45) is 42.9 Å². The zero-order valence-corrected chi connectivity index (χ0v) is 21.1. The Labute approximate surface area is 227 Å². The first-order valence-electron chi connectivity index (χ1n) is 12.3. The van der Waals surface area contributed by atoms with Gasteiger partial charge in [0.15, 0.2) is 0 Å². The third-order valence-electron chi connectivity index (χ3n) is 4.07. The molecule has 0 bridgehead atoms. The number of para-hydroxylation sites is 1. The van der Waals surface area contributed by atoms with Crippen molar-refractivity contribution in [2.75, 3.05) is 23.7 Å². The van der Waals surface area contributed by atoms with Crippen LogP contribution in [0.4, 0.5) is 11.4 Å². The predicted octanol–water partition coefficient (Wildman–Crippen LogP) is 3.76. The van der Waals surface area contributed by atoms with Crippen molar-refractivity contribution in [2.45, 2.75) is 25.7 Å². The number of nitrogens with one attached hydrogen (secondary N) is 2. The fourth-order valence-corrected chi connectivity index (χ4v) is 2.80. The molecule has 2 aromatic carbocycles. The van der Waals surface area contributed by atoms with Gasteiger partial charge in [0.05, 0.1) is 16.2 Å². The van der Waals surface area contributed by atoms with Gasteiger partial charge >= 0.3 is 0 Å². The standard InChI is InChI=1S/C22H30Cl2N10.ClH/c23-15-9-11-16(12-10-15)31-21(27)33-19(25)29-13-5-1-2-6-14-30-20(26)34-22(28)32-18-8-4-3-7-17(18)24;/h3-4,7-12H,1-2,5-6,13-14H2,(H5,25,27,29,31,33)(H5,26,28,30,32,34);1H/i9D,10D,11D,12D;. The van der Waals surface area contributed by atoms with Crippen LogP contribution in [0, 0.1) is 0 Å². The lowest BCUT2D eigenvalue weighted by molar-refractivity contribution is 0.653. The van der Waals surface area contributed by atoms with E-state index in [1.54, 1.807) is 18.2 Å². The normalized spacial score (nSPS) is 14.3. The van der Waals surface area contributed by atoms with E-state index >= 15 is 0 Å². The van der Waals surface area contributed by atoms with Crippen LogP contribution in [0.3, 0.4) is 0 Å². The quantitative estimate of drug-likeness (QED) is 0.159. The smallest absolute Gasteiger partial charge is 0.218 e. The van der Waals surface area contributed by atoms with E-state index in [0.717, 1.165) is 25.7 Å². The molecule has 190 valence electrons. The number of benzene rings is 2. The molecule has 0 amide bonds. The number of halogens is 3. The third kappa shape index (κ3) is 12.7. The Hall–Kier alpha value is -3.21. The van der Waals surface area contributed by atoms with Gasteiger partial charge in [-0.2, -0.15) is 9.98 Å². The van der Waals surface area contributed by atoms with Crippen molar-refractivity contribution in [3.05, 3.63) is 58.5 Å². The molecule has 0 heterocycles. The van der Waals surface area contributed by atoms with Gasteiger partial charge in [-0.25, -0.2) is 0 Å². The molecule has 10 N–H and O–H groups in total. The summed E-state index contributed by atoms with van der Waals surface area (Å²) in [5, 5.41) is 5.62. The minimum atomic E-state index is -0.389. The van der Waals surface area contributed by atoms with Crippen LogP contribution in [0.5, 0.6) is 0 Å². The summed E-state index contributed by atoms with van der Waals surface area (Å²) in [5.74, 6) is -0.160. The average Bonchev–Trinajstić information content (AvgIpc) is 2.87. The summed E-state index contributed by atoms with van der Waals surface area (Å²) in [5.41, 5.74) is 23.6. The molecule has 0 spiro atoms. The van der Waals surface area contributed by atoms with Crippen molar-refractivity contribution >= 4 is 70.8 Å². The van der Waals surface area contributed by atoms with Crippen LogP contribution in [0.25, 0.3) is 0 Å². The van der Waals surface area contributed by atoms with Gasteiger partial charge in [-0.3, -0.25) is 9.98 Å². The largest absolute Gasteiger partial charge is 0.369 e. The van der Waals surface area contributed by atoms with E-state index in [1.165, 1.54) is 0 Å². The molecule has 2 aromatic rings. The highest BCUT2D eigenvalue weighted by atomic mass is 35.5. The highest BCUT2D eigenvalue weighted by Gasteiger charge is 2.01. The number of rotatable bonds is 9. The van der Waals surface area contributed by atoms with Crippen molar-refractivity contribution in [3.8, 4) is 0 Å². The molecule has 0 saturated heterocycles. The van der Waals surface area contributed by atoms with Gasteiger partial charge in [0.1, 0.15) is 0 Å². The number of hydrogen-bond donors (Lipinski definition) is 6. The molecule has 0 unspecified atom stereocenters. The molecule has 0 fully saturated rings. The Bertz CT molecular complexity index is 1230. The van der Waals surface area contributed by atoms with E-state index in [-0.39, 0.29) is 71.1 Å². The first-order chi connectivity index (χ1) is 18.0. The minimum absolute atomic E-state index is 0.